The summed E-state index contributed by atoms with van der Waals surface area (Å²) in [4.78, 5) is 0. The van der Waals surface area contributed by atoms with Crippen molar-refractivity contribution in [3.05, 3.63) is 0 Å². The Bertz CT molecular complexity index is 136. The van der Waals surface area contributed by atoms with Gasteiger partial charge < -0.3 is 0 Å². The highest BCUT2D eigenvalue weighted by Crippen LogP contribution is 2.14. The van der Waals surface area contributed by atoms with E-state index in [0.29, 0.717) is 12.1 Å². The van der Waals surface area contributed by atoms with E-state index in [2.05, 4.69) is 37.9 Å². The van der Waals surface area contributed by atoms with Gasteiger partial charge in [-0.2, -0.15) is 10.2 Å². The molecule has 16 heavy (non-hydrogen) atoms. The first-order valence-electron chi connectivity index (χ1n) is 7.18. The lowest BCUT2D eigenvalue weighted by molar-refractivity contribution is 0.476. The standard InChI is InChI=1S/C14H30N2/c1-5-9-13(10-6-2)15-16-14(11-7-3)12-8-4/h13-14H,5-12H2,1-4H3. The Hall–Kier alpha value is -0.400. The molecule has 2 heteroatoms. The molecular formula is C14H30N2. The van der Waals surface area contributed by atoms with E-state index in [9.17, 15) is 0 Å². The Morgan fingerprint density at radius 1 is 0.562 bits per heavy atom. The third-order valence-corrected chi connectivity index (χ3v) is 2.88. The van der Waals surface area contributed by atoms with Crippen molar-refractivity contribution in [3.63, 3.8) is 0 Å². The first-order chi connectivity index (χ1) is 7.78. The topological polar surface area (TPSA) is 24.7 Å². The van der Waals surface area contributed by atoms with E-state index in [0.717, 1.165) is 0 Å². The summed E-state index contributed by atoms with van der Waals surface area (Å²) in [5.41, 5.74) is 0. The van der Waals surface area contributed by atoms with Crippen molar-refractivity contribution in [2.45, 2.75) is 91.1 Å². The van der Waals surface area contributed by atoms with Crippen LogP contribution in [0.2, 0.25) is 0 Å². The highest BCUT2D eigenvalue weighted by molar-refractivity contribution is 4.67. The fourth-order valence-electron chi connectivity index (χ4n) is 2.04. The van der Waals surface area contributed by atoms with Crippen molar-refractivity contribution in [1.29, 1.82) is 0 Å². The molecule has 0 aliphatic carbocycles. The van der Waals surface area contributed by atoms with Crippen LogP contribution in [0.1, 0.15) is 79.1 Å². The zero-order valence-corrected chi connectivity index (χ0v) is 11.7. The van der Waals surface area contributed by atoms with E-state index < -0.39 is 0 Å². The molecule has 0 N–H and O–H groups in total. The van der Waals surface area contributed by atoms with Gasteiger partial charge in [0.2, 0.25) is 0 Å². The monoisotopic (exact) mass is 226 g/mol. The maximum atomic E-state index is 4.57. The third-order valence-electron chi connectivity index (χ3n) is 2.88. The normalized spacial score (nSPS) is 12.1. The van der Waals surface area contributed by atoms with Gasteiger partial charge in [0.15, 0.2) is 0 Å². The number of hydrogen-bond donors (Lipinski definition) is 0. The molecule has 0 heterocycles. The van der Waals surface area contributed by atoms with E-state index in [1.807, 2.05) is 0 Å². The van der Waals surface area contributed by atoms with Crippen LogP contribution in [0, 0.1) is 0 Å². The maximum Gasteiger partial charge on any atom is 0.0708 e. The number of hydrogen-bond acceptors (Lipinski definition) is 2. The Labute approximate surface area is 102 Å². The van der Waals surface area contributed by atoms with Crippen molar-refractivity contribution in [2.75, 3.05) is 0 Å². The van der Waals surface area contributed by atoms with Crippen LogP contribution in [-0.4, -0.2) is 12.1 Å². The van der Waals surface area contributed by atoms with Crippen molar-refractivity contribution in [3.8, 4) is 0 Å². The van der Waals surface area contributed by atoms with Crippen molar-refractivity contribution in [2.24, 2.45) is 10.2 Å². The molecule has 0 saturated heterocycles. The Morgan fingerprint density at radius 2 is 0.812 bits per heavy atom. The summed E-state index contributed by atoms with van der Waals surface area (Å²) in [5, 5.41) is 9.13. The zero-order valence-electron chi connectivity index (χ0n) is 11.7. The summed E-state index contributed by atoms with van der Waals surface area (Å²) in [6.07, 6.45) is 9.66. The average Bonchev–Trinajstić information content (AvgIpc) is 2.27. The van der Waals surface area contributed by atoms with Crippen molar-refractivity contribution < 1.29 is 0 Å². The number of azo groups is 1. The highest BCUT2D eigenvalue weighted by atomic mass is 15.1. The second-order valence-corrected chi connectivity index (χ2v) is 4.69. The predicted molar refractivity (Wildman–Crippen MR) is 72.1 cm³/mol. The largest absolute Gasteiger partial charge is 0.191 e. The minimum absolute atomic E-state index is 0.478. The van der Waals surface area contributed by atoms with Crippen LogP contribution in [0.15, 0.2) is 10.2 Å². The average molecular weight is 226 g/mol. The zero-order chi connectivity index (χ0) is 12.2. The summed E-state index contributed by atoms with van der Waals surface area (Å²) in [5.74, 6) is 0. The van der Waals surface area contributed by atoms with Gasteiger partial charge in [-0.25, -0.2) is 0 Å². The Kier molecular flexibility index (Phi) is 10.8. The number of rotatable bonds is 10. The quantitative estimate of drug-likeness (QED) is 0.447. The third kappa shape index (κ3) is 7.84. The van der Waals surface area contributed by atoms with Crippen molar-refractivity contribution in [1.82, 2.24) is 0 Å². The summed E-state index contributed by atoms with van der Waals surface area (Å²) in [6.45, 7) is 8.92. The molecule has 0 aromatic heterocycles. The van der Waals surface area contributed by atoms with E-state index in [1.165, 1.54) is 51.4 Å². The van der Waals surface area contributed by atoms with Crippen molar-refractivity contribution >= 4 is 0 Å². The van der Waals surface area contributed by atoms with Gasteiger partial charge in [-0.15, -0.1) is 0 Å². The van der Waals surface area contributed by atoms with Crippen LogP contribution < -0.4 is 0 Å². The molecule has 2 nitrogen and oxygen atoms in total. The lowest BCUT2D eigenvalue weighted by Gasteiger charge is -2.12. The van der Waals surface area contributed by atoms with Gasteiger partial charge in [-0.1, -0.05) is 53.4 Å². The van der Waals surface area contributed by atoms with Gasteiger partial charge >= 0.3 is 0 Å². The summed E-state index contributed by atoms with van der Waals surface area (Å²) >= 11 is 0. The van der Waals surface area contributed by atoms with Crippen LogP contribution in [0.5, 0.6) is 0 Å². The van der Waals surface area contributed by atoms with Crippen LogP contribution in [0.4, 0.5) is 0 Å². The molecule has 0 aromatic rings. The molecule has 0 amide bonds. The fourth-order valence-corrected chi connectivity index (χ4v) is 2.04. The molecule has 96 valence electrons. The van der Waals surface area contributed by atoms with E-state index >= 15 is 0 Å². The smallest absolute Gasteiger partial charge is 0.0708 e. The van der Waals surface area contributed by atoms with E-state index in [1.54, 1.807) is 0 Å². The van der Waals surface area contributed by atoms with Gasteiger partial charge in [-0.05, 0) is 25.7 Å². The minimum Gasteiger partial charge on any atom is -0.191 e. The molecule has 0 unspecified atom stereocenters. The van der Waals surface area contributed by atoms with E-state index in [4.69, 9.17) is 0 Å². The lowest BCUT2D eigenvalue weighted by Crippen LogP contribution is -2.07. The molecule has 0 atom stereocenters. The van der Waals surface area contributed by atoms with E-state index in [-0.39, 0.29) is 0 Å². The molecule has 0 rings (SSSR count). The molecular weight excluding hydrogens is 196 g/mol. The molecule has 0 fully saturated rings. The molecule has 0 aromatic carbocycles. The Morgan fingerprint density at radius 3 is 1.00 bits per heavy atom. The highest BCUT2D eigenvalue weighted by Gasteiger charge is 2.07. The SMILES string of the molecule is CCCC(CCC)N=NC(CCC)CCC. The van der Waals surface area contributed by atoms with Gasteiger partial charge in [0.05, 0.1) is 12.1 Å². The molecule has 0 aliphatic heterocycles. The molecule has 0 saturated carbocycles. The van der Waals surface area contributed by atoms with Crippen LogP contribution in [0.3, 0.4) is 0 Å². The second-order valence-electron chi connectivity index (χ2n) is 4.69. The van der Waals surface area contributed by atoms with Gasteiger partial charge in [0.25, 0.3) is 0 Å². The second kappa shape index (κ2) is 11.1. The van der Waals surface area contributed by atoms with Gasteiger partial charge in [0.1, 0.15) is 0 Å². The van der Waals surface area contributed by atoms with Gasteiger partial charge in [-0.3, -0.25) is 0 Å². The van der Waals surface area contributed by atoms with Gasteiger partial charge in [0, 0.05) is 0 Å². The minimum atomic E-state index is 0.478. The lowest BCUT2D eigenvalue weighted by atomic mass is 10.1. The first-order valence-corrected chi connectivity index (χ1v) is 7.18. The number of nitrogens with zero attached hydrogens (tertiary/aromatic N) is 2. The Balaban J connectivity index is 4.12. The fraction of sp³-hybridized carbons (Fsp3) is 1.00. The van der Waals surface area contributed by atoms with Crippen LogP contribution in [-0.2, 0) is 0 Å². The first kappa shape index (κ1) is 15.6. The summed E-state index contributed by atoms with van der Waals surface area (Å²) in [6, 6.07) is 0.956. The molecule has 0 bridgehead atoms. The predicted octanol–water partition coefficient (Wildman–Crippen LogP) is 5.38. The van der Waals surface area contributed by atoms with Crippen LogP contribution >= 0.6 is 0 Å². The maximum absolute atomic E-state index is 4.57. The molecule has 0 radical (unpaired) electrons. The summed E-state index contributed by atoms with van der Waals surface area (Å²) < 4.78 is 0. The van der Waals surface area contributed by atoms with Crippen LogP contribution in [0.25, 0.3) is 0 Å². The summed E-state index contributed by atoms with van der Waals surface area (Å²) in [7, 11) is 0. The molecule has 0 aliphatic rings. The molecule has 0 spiro atoms.